The number of thiophene rings is 1. The molecule has 0 amide bonds. The Kier molecular flexibility index (Phi) is 24.0. The first-order valence-corrected chi connectivity index (χ1v) is 41.9. The van der Waals surface area contributed by atoms with E-state index in [1.165, 1.54) is 11.3 Å². The number of aromatic nitrogens is 2. The summed E-state index contributed by atoms with van der Waals surface area (Å²) < 4.78 is 117. The second kappa shape index (κ2) is 32.4. The summed E-state index contributed by atoms with van der Waals surface area (Å²) in [6, 6.07) is 63.7. The fourth-order valence-electron chi connectivity index (χ4n) is 10.8. The van der Waals surface area contributed by atoms with Gasteiger partial charge in [0.05, 0.1) is 63.5 Å². The number of anilines is 4. The van der Waals surface area contributed by atoms with Gasteiger partial charge in [0.2, 0.25) is 0 Å². The van der Waals surface area contributed by atoms with Crippen LogP contribution < -0.4 is 18.9 Å². The second-order valence-electron chi connectivity index (χ2n) is 30.7. The number of pyridine rings is 2. The van der Waals surface area contributed by atoms with Crippen LogP contribution in [-0.2, 0) is 61.8 Å². The standard InChI is InChI=1S/C48H46N4O4S2.C42H42N2O4S3/c1-33-15-25-41(26-16-33)57(53,54)51-43-29-21-37(47(3,4)5)31-35(43)19-23-39-11-9-13-45(49-39)46-14-10-12-40(50-46)24-20-36-32-38(48(6,7)8)22-30-44(36)52-58(55,56)42-27-17-34(2)18-28-42;1-29-9-21-37(22-10-29)50(45,46)43-39-25-15-33(41(3,4)5)27-31(39)13-17-35-19-20-36(49-35)18-14-32-28-34(42(6,7)8)16-26-40(32)44-51(47,48)38-23-11-30(2)12-24-38/h9-18,21-22,25-32,51-52H,1-8H3;9-12,15-16,19-28,43-44H,1-8H3. The van der Waals surface area contributed by atoms with E-state index in [2.05, 4.69) is 149 Å². The summed E-state index contributed by atoms with van der Waals surface area (Å²) in [5.74, 6) is 25.4. The fourth-order valence-corrected chi connectivity index (χ4v) is 15.8. The Morgan fingerprint density at radius 3 is 0.734 bits per heavy atom. The Morgan fingerprint density at radius 1 is 0.275 bits per heavy atom. The average molecular weight is 1540 g/mol. The Hall–Kier alpha value is -11.0. The molecule has 0 aliphatic rings. The molecule has 0 unspecified atom stereocenters. The highest BCUT2D eigenvalue weighted by Gasteiger charge is 2.25. The first kappa shape index (κ1) is 80.5. The Bertz CT molecular complexity index is 5650. The van der Waals surface area contributed by atoms with Gasteiger partial charge in [-0.15, -0.1) is 11.3 Å². The predicted octanol–water partition coefficient (Wildman–Crippen LogP) is 19.1. The van der Waals surface area contributed by atoms with Crippen LogP contribution in [0, 0.1) is 75.1 Å². The van der Waals surface area contributed by atoms with Gasteiger partial charge in [-0.2, -0.15) is 0 Å². The summed E-state index contributed by atoms with van der Waals surface area (Å²) in [7, 11) is -15.4. The van der Waals surface area contributed by atoms with Gasteiger partial charge in [0.1, 0.15) is 11.4 Å². The Morgan fingerprint density at radius 2 is 0.505 bits per heavy atom. The minimum Gasteiger partial charge on any atom is -0.278 e. The van der Waals surface area contributed by atoms with Crippen LogP contribution in [0.25, 0.3) is 11.4 Å². The molecule has 3 aromatic heterocycles. The van der Waals surface area contributed by atoms with E-state index in [4.69, 9.17) is 9.97 Å². The Labute approximate surface area is 649 Å². The summed E-state index contributed by atoms with van der Waals surface area (Å²) in [5.41, 5.74) is 12.9. The number of rotatable bonds is 13. The maximum Gasteiger partial charge on any atom is 0.261 e. The third-order valence-electron chi connectivity index (χ3n) is 17.5. The largest absolute Gasteiger partial charge is 0.278 e. The fraction of sp³-hybridized carbons (Fsp3) is 0.222. The van der Waals surface area contributed by atoms with Crippen molar-refractivity contribution in [1.29, 1.82) is 0 Å². The SMILES string of the molecule is Cc1ccc(S(=O)(=O)Nc2ccc(C(C)(C)C)cc2C#Cc2ccc(C#Cc3cc(C(C)(C)C)ccc3NS(=O)(=O)c3ccc(C)cc3)s2)cc1.Cc1ccc(S(=O)(=O)Nc2ccc(C(C)(C)C)cc2C#Cc2cccc(-c3cccc(C#Cc4cc(C(C)(C)C)ccc4NS(=O)(=O)c4ccc(C)cc4)n3)n2)cc1. The molecular formula is C90H88N6O8S5. The molecule has 109 heavy (non-hydrogen) atoms. The first-order valence-electron chi connectivity index (χ1n) is 35.2. The van der Waals surface area contributed by atoms with Crippen LogP contribution in [0.2, 0.25) is 0 Å². The highest BCUT2D eigenvalue weighted by molar-refractivity contribution is 7.93. The molecule has 3 heterocycles. The lowest BCUT2D eigenvalue weighted by atomic mass is 9.86. The van der Waals surface area contributed by atoms with E-state index in [9.17, 15) is 33.7 Å². The molecule has 4 N–H and O–H groups in total. The van der Waals surface area contributed by atoms with Crippen molar-refractivity contribution in [3.63, 3.8) is 0 Å². The van der Waals surface area contributed by atoms with E-state index < -0.39 is 40.1 Å². The molecule has 556 valence electrons. The van der Waals surface area contributed by atoms with E-state index >= 15 is 0 Å². The molecule has 0 aliphatic heterocycles. The molecule has 0 saturated carbocycles. The third kappa shape index (κ3) is 21.5. The van der Waals surface area contributed by atoms with Crippen LogP contribution in [-0.4, -0.2) is 43.6 Å². The molecule has 8 aromatic carbocycles. The van der Waals surface area contributed by atoms with Gasteiger partial charge in [-0.3, -0.25) is 18.9 Å². The lowest BCUT2D eigenvalue weighted by molar-refractivity contribution is 0.590. The first-order chi connectivity index (χ1) is 51.1. The van der Waals surface area contributed by atoms with Crippen molar-refractivity contribution in [2.45, 2.75) is 152 Å². The number of nitrogens with one attached hydrogen (secondary N) is 4. The van der Waals surface area contributed by atoms with E-state index in [1.807, 2.05) is 113 Å². The van der Waals surface area contributed by atoms with Crippen molar-refractivity contribution in [2.75, 3.05) is 18.9 Å². The van der Waals surface area contributed by atoms with Crippen molar-refractivity contribution in [3.8, 4) is 58.8 Å². The maximum absolute atomic E-state index is 13.4. The number of benzene rings is 8. The highest BCUT2D eigenvalue weighted by Crippen LogP contribution is 2.34. The van der Waals surface area contributed by atoms with Gasteiger partial charge >= 0.3 is 0 Å². The van der Waals surface area contributed by atoms with E-state index in [0.717, 1.165) is 54.3 Å². The number of nitrogens with zero attached hydrogens (tertiary/aromatic N) is 2. The number of aryl methyl sites for hydroxylation is 4. The van der Waals surface area contributed by atoms with Gasteiger partial charge in [-0.25, -0.2) is 43.6 Å². The average Bonchev–Trinajstić information content (AvgIpc) is 1.23. The molecule has 0 aliphatic carbocycles. The van der Waals surface area contributed by atoms with E-state index in [0.29, 0.717) is 67.8 Å². The second-order valence-corrected chi connectivity index (χ2v) is 38.5. The number of sulfonamides is 4. The normalized spacial score (nSPS) is 11.9. The summed E-state index contributed by atoms with van der Waals surface area (Å²) in [5, 5.41) is 0. The molecule has 0 spiro atoms. The smallest absolute Gasteiger partial charge is 0.261 e. The molecule has 0 saturated heterocycles. The van der Waals surface area contributed by atoms with Crippen molar-refractivity contribution < 1.29 is 33.7 Å². The monoisotopic (exact) mass is 1540 g/mol. The molecule has 19 heteroatoms. The van der Waals surface area contributed by atoms with Crippen molar-refractivity contribution >= 4 is 74.2 Å². The van der Waals surface area contributed by atoms with E-state index in [1.54, 1.807) is 133 Å². The van der Waals surface area contributed by atoms with Crippen molar-refractivity contribution in [3.05, 3.63) is 306 Å². The molecule has 0 fully saturated rings. The minimum absolute atomic E-state index is 0.160. The van der Waals surface area contributed by atoms with Crippen LogP contribution >= 0.6 is 11.3 Å². The molecule has 11 aromatic rings. The molecule has 14 nitrogen and oxygen atoms in total. The predicted molar refractivity (Wildman–Crippen MR) is 444 cm³/mol. The van der Waals surface area contributed by atoms with Gasteiger partial charge in [0, 0.05) is 22.3 Å². The summed E-state index contributed by atoms with van der Waals surface area (Å²) in [4.78, 5) is 11.7. The van der Waals surface area contributed by atoms with Crippen LogP contribution in [0.3, 0.4) is 0 Å². The highest BCUT2D eigenvalue weighted by atomic mass is 32.2. The molecular weight excluding hydrogens is 1450 g/mol. The maximum atomic E-state index is 13.4. The zero-order valence-corrected chi connectivity index (χ0v) is 68.1. The molecule has 0 bridgehead atoms. The van der Waals surface area contributed by atoms with Gasteiger partial charge in [-0.1, -0.05) is 226 Å². The zero-order valence-electron chi connectivity index (χ0n) is 64.0. The minimum atomic E-state index is -3.87. The number of hydrogen-bond acceptors (Lipinski definition) is 11. The van der Waals surface area contributed by atoms with Crippen molar-refractivity contribution in [2.24, 2.45) is 0 Å². The van der Waals surface area contributed by atoms with Gasteiger partial charge in [0.25, 0.3) is 40.1 Å². The van der Waals surface area contributed by atoms with Crippen LogP contribution in [0.4, 0.5) is 22.7 Å². The van der Waals surface area contributed by atoms with E-state index in [-0.39, 0.29) is 41.2 Å². The van der Waals surface area contributed by atoms with Gasteiger partial charge < -0.3 is 0 Å². The molecule has 0 atom stereocenters. The quantitative estimate of drug-likeness (QED) is 0.0802. The third-order valence-corrected chi connectivity index (χ3v) is 23.9. The lowest BCUT2D eigenvalue weighted by Gasteiger charge is -2.20. The molecule has 0 radical (unpaired) electrons. The molecule has 11 rings (SSSR count). The Balaban J connectivity index is 0.000000234. The summed E-state index contributed by atoms with van der Waals surface area (Å²) in [6.45, 7) is 32.7. The lowest BCUT2D eigenvalue weighted by Crippen LogP contribution is -2.15. The van der Waals surface area contributed by atoms with Crippen molar-refractivity contribution in [1.82, 2.24) is 9.97 Å². The zero-order chi connectivity index (χ0) is 79.1. The number of hydrogen-bond donors (Lipinski definition) is 4. The van der Waals surface area contributed by atoms with Crippen LogP contribution in [0.5, 0.6) is 0 Å². The summed E-state index contributed by atoms with van der Waals surface area (Å²) >= 11 is 1.40. The van der Waals surface area contributed by atoms with Gasteiger partial charge in [-0.05, 0) is 217 Å². The van der Waals surface area contributed by atoms with Crippen LogP contribution in [0.15, 0.2) is 238 Å². The summed E-state index contributed by atoms with van der Waals surface area (Å²) in [6.07, 6.45) is 0. The van der Waals surface area contributed by atoms with Crippen LogP contribution in [0.1, 0.15) is 171 Å². The topological polar surface area (TPSA) is 210 Å². The van der Waals surface area contributed by atoms with Gasteiger partial charge in [0.15, 0.2) is 0 Å².